The first kappa shape index (κ1) is 22.3. The molecule has 0 heterocycles. The molecule has 0 aliphatic heterocycles. The van der Waals surface area contributed by atoms with Crippen molar-refractivity contribution in [1.82, 2.24) is 0 Å². The minimum absolute atomic E-state index is 0.277. The second-order valence-corrected chi connectivity index (χ2v) is 7.54. The molecule has 0 atom stereocenters. The zero-order chi connectivity index (χ0) is 19.9. The number of halogens is 3. The van der Waals surface area contributed by atoms with E-state index in [4.69, 9.17) is 10.2 Å². The van der Waals surface area contributed by atoms with Crippen LogP contribution in [0.25, 0.3) is 0 Å². The first-order chi connectivity index (χ1) is 12.1. The molecule has 0 aromatic heterocycles. The van der Waals surface area contributed by atoms with Gasteiger partial charge in [-0.05, 0) is 55.0 Å². The summed E-state index contributed by atoms with van der Waals surface area (Å²) < 4.78 is 2.47. The first-order valence-corrected chi connectivity index (χ1v) is 9.39. The fraction of sp³-hybridized carbons (Fsp3) is 0.0556. The summed E-state index contributed by atoms with van der Waals surface area (Å²) in [5.74, 6) is -2.37. The number of aromatic carboxylic acids is 1. The van der Waals surface area contributed by atoms with Crippen molar-refractivity contribution in [3.05, 3.63) is 78.7 Å². The number of carbonyl (C=O) groups excluding carboxylic acids is 1. The van der Waals surface area contributed by atoms with E-state index in [9.17, 15) is 14.4 Å². The Labute approximate surface area is 175 Å². The Morgan fingerprint density at radius 2 is 1.35 bits per heavy atom. The fourth-order valence-electron chi connectivity index (χ4n) is 1.63. The second-order valence-electron chi connectivity index (χ2n) is 4.91. The third kappa shape index (κ3) is 7.23. The zero-order valence-electron chi connectivity index (χ0n) is 13.4. The highest BCUT2D eigenvalue weighted by atomic mass is 79.9. The molecule has 0 fully saturated rings. The van der Waals surface area contributed by atoms with Gasteiger partial charge in [-0.2, -0.15) is 0 Å². The average Bonchev–Trinajstić information content (AvgIpc) is 2.58. The molecule has 0 bridgehead atoms. The monoisotopic (exact) mass is 546 g/mol. The van der Waals surface area contributed by atoms with E-state index in [2.05, 4.69) is 47.8 Å². The summed E-state index contributed by atoms with van der Waals surface area (Å²) in [4.78, 5) is 32.0. The van der Waals surface area contributed by atoms with Crippen molar-refractivity contribution < 1.29 is 24.6 Å². The van der Waals surface area contributed by atoms with Gasteiger partial charge in [0.2, 0.25) is 0 Å². The molecule has 26 heavy (non-hydrogen) atoms. The molecule has 0 aliphatic carbocycles. The van der Waals surface area contributed by atoms with Gasteiger partial charge in [-0.25, -0.2) is 9.59 Å². The Hall–Kier alpha value is -1.77. The molecule has 0 spiro atoms. The lowest BCUT2D eigenvalue weighted by Gasteiger charge is -2.02. The molecular weight excluding hydrogens is 536 g/mol. The van der Waals surface area contributed by atoms with E-state index in [1.54, 1.807) is 36.4 Å². The quantitative estimate of drug-likeness (QED) is 0.389. The number of rotatable bonds is 4. The van der Waals surface area contributed by atoms with E-state index in [-0.39, 0.29) is 11.3 Å². The lowest BCUT2D eigenvalue weighted by molar-refractivity contribution is -0.131. The molecule has 0 saturated heterocycles. The van der Waals surface area contributed by atoms with Crippen LogP contribution in [0.15, 0.2) is 62.0 Å². The van der Waals surface area contributed by atoms with Crippen LogP contribution in [0.2, 0.25) is 0 Å². The van der Waals surface area contributed by atoms with Gasteiger partial charge in [0.15, 0.2) is 5.78 Å². The SMILES string of the molecule is Cc1c(Br)cc(C(=O)O)cc1Br.O=C(O)C=CC(=O)c1ccc(Br)cc1. The predicted octanol–water partition coefficient (Wildman–Crippen LogP) is 5.49. The normalized spacial score (nSPS) is 10.2. The van der Waals surface area contributed by atoms with Crippen molar-refractivity contribution in [1.29, 1.82) is 0 Å². The highest BCUT2D eigenvalue weighted by Crippen LogP contribution is 2.26. The molecule has 0 radical (unpaired) electrons. The number of benzene rings is 2. The van der Waals surface area contributed by atoms with Gasteiger partial charge in [0, 0.05) is 25.1 Å². The van der Waals surface area contributed by atoms with Gasteiger partial charge in [-0.15, -0.1) is 0 Å². The Morgan fingerprint density at radius 3 is 1.77 bits per heavy atom. The summed E-state index contributed by atoms with van der Waals surface area (Å²) in [5.41, 5.74) is 1.74. The van der Waals surface area contributed by atoms with Gasteiger partial charge in [0.05, 0.1) is 5.56 Å². The van der Waals surface area contributed by atoms with Crippen LogP contribution in [-0.2, 0) is 4.79 Å². The van der Waals surface area contributed by atoms with Crippen molar-refractivity contribution >= 4 is 65.5 Å². The molecule has 5 nitrogen and oxygen atoms in total. The molecule has 0 saturated carbocycles. The van der Waals surface area contributed by atoms with Crippen LogP contribution in [-0.4, -0.2) is 27.9 Å². The molecule has 0 unspecified atom stereocenters. The lowest BCUT2D eigenvalue weighted by Crippen LogP contribution is -1.96. The number of allylic oxidation sites excluding steroid dienone is 1. The number of carboxylic acid groups (broad SMARTS) is 2. The number of carboxylic acids is 2. The standard InChI is InChI=1S/C10H7BrO3.C8H6Br2O2/c11-8-3-1-7(2-4-8)9(12)5-6-10(13)14;1-4-6(9)2-5(8(11)12)3-7(4)10/h1-6H,(H,13,14);2-3H,1H3,(H,11,12). The average molecular weight is 549 g/mol. The molecular formula is C18H13Br3O5. The third-order valence-corrected chi connectivity index (χ3v) is 5.21. The van der Waals surface area contributed by atoms with Gasteiger partial charge in [-0.1, -0.05) is 47.8 Å². The van der Waals surface area contributed by atoms with Gasteiger partial charge in [-0.3, -0.25) is 4.79 Å². The second kappa shape index (κ2) is 10.4. The summed E-state index contributed by atoms with van der Waals surface area (Å²) in [6.07, 6.45) is 1.86. The maximum absolute atomic E-state index is 11.3. The summed E-state index contributed by atoms with van der Waals surface area (Å²) in [6, 6.07) is 9.87. The number of aliphatic carboxylic acids is 1. The van der Waals surface area contributed by atoms with Gasteiger partial charge >= 0.3 is 11.9 Å². The maximum Gasteiger partial charge on any atom is 0.335 e. The zero-order valence-corrected chi connectivity index (χ0v) is 18.1. The number of carbonyl (C=O) groups is 3. The highest BCUT2D eigenvalue weighted by Gasteiger charge is 2.07. The van der Waals surface area contributed by atoms with Crippen molar-refractivity contribution in [2.45, 2.75) is 6.92 Å². The molecule has 0 amide bonds. The molecule has 2 rings (SSSR count). The van der Waals surface area contributed by atoms with Gasteiger partial charge in [0.1, 0.15) is 0 Å². The van der Waals surface area contributed by atoms with E-state index in [1.807, 2.05) is 6.92 Å². The summed E-state index contributed by atoms with van der Waals surface area (Å²) in [7, 11) is 0. The Bertz CT molecular complexity index is 835. The van der Waals surface area contributed by atoms with Crippen LogP contribution >= 0.6 is 47.8 Å². The lowest BCUT2D eigenvalue weighted by atomic mass is 10.1. The van der Waals surface area contributed by atoms with E-state index in [1.165, 1.54) is 0 Å². The van der Waals surface area contributed by atoms with Crippen LogP contribution in [0.4, 0.5) is 0 Å². The van der Waals surface area contributed by atoms with Crippen LogP contribution in [0, 0.1) is 6.92 Å². The minimum atomic E-state index is -1.13. The van der Waals surface area contributed by atoms with Crippen molar-refractivity contribution in [2.75, 3.05) is 0 Å². The molecule has 136 valence electrons. The maximum atomic E-state index is 11.3. The van der Waals surface area contributed by atoms with Gasteiger partial charge < -0.3 is 10.2 Å². The number of ketones is 1. The molecule has 2 aromatic rings. The van der Waals surface area contributed by atoms with Crippen molar-refractivity contribution in [2.24, 2.45) is 0 Å². The van der Waals surface area contributed by atoms with Gasteiger partial charge in [0.25, 0.3) is 0 Å². The van der Waals surface area contributed by atoms with E-state index in [0.717, 1.165) is 31.1 Å². The Kier molecular flexibility index (Phi) is 8.91. The van der Waals surface area contributed by atoms with Crippen LogP contribution in [0.5, 0.6) is 0 Å². The summed E-state index contributed by atoms with van der Waals surface area (Å²) >= 11 is 9.78. The smallest absolute Gasteiger partial charge is 0.335 e. The van der Waals surface area contributed by atoms with E-state index in [0.29, 0.717) is 5.56 Å². The number of hydrogen-bond acceptors (Lipinski definition) is 3. The fourth-order valence-corrected chi connectivity index (χ4v) is 3.08. The molecule has 2 N–H and O–H groups in total. The summed E-state index contributed by atoms with van der Waals surface area (Å²) in [6.45, 7) is 1.90. The molecule has 8 heteroatoms. The van der Waals surface area contributed by atoms with E-state index >= 15 is 0 Å². The highest BCUT2D eigenvalue weighted by molar-refractivity contribution is 9.11. The Balaban J connectivity index is 0.000000263. The van der Waals surface area contributed by atoms with Crippen LogP contribution in [0.1, 0.15) is 26.3 Å². The van der Waals surface area contributed by atoms with E-state index < -0.39 is 11.9 Å². The number of hydrogen-bond donors (Lipinski definition) is 2. The largest absolute Gasteiger partial charge is 0.478 e. The van der Waals surface area contributed by atoms with Crippen molar-refractivity contribution in [3.63, 3.8) is 0 Å². The third-order valence-electron chi connectivity index (χ3n) is 3.03. The Morgan fingerprint density at radius 1 is 0.846 bits per heavy atom. The topological polar surface area (TPSA) is 91.7 Å². The van der Waals surface area contributed by atoms with Crippen molar-refractivity contribution in [3.8, 4) is 0 Å². The minimum Gasteiger partial charge on any atom is -0.478 e. The van der Waals surface area contributed by atoms with Crippen LogP contribution in [0.3, 0.4) is 0 Å². The first-order valence-electron chi connectivity index (χ1n) is 7.01. The summed E-state index contributed by atoms with van der Waals surface area (Å²) in [5, 5.41) is 17.0. The predicted molar refractivity (Wildman–Crippen MR) is 109 cm³/mol. The molecule has 0 aliphatic rings. The molecule has 2 aromatic carbocycles. The van der Waals surface area contributed by atoms with Crippen LogP contribution < -0.4 is 0 Å².